The maximum Gasteiger partial charge on any atom is 0.305 e. The van der Waals surface area contributed by atoms with Crippen LogP contribution in [0.15, 0.2) is 34.7 Å². The Balaban J connectivity index is 1.97. The van der Waals surface area contributed by atoms with Crippen molar-refractivity contribution >= 4 is 11.9 Å². The van der Waals surface area contributed by atoms with E-state index in [1.807, 2.05) is 44.2 Å². The third-order valence-corrected chi connectivity index (χ3v) is 3.76. The second-order valence-electron chi connectivity index (χ2n) is 5.51. The molecule has 0 saturated heterocycles. The first-order valence-electron chi connectivity index (χ1n) is 8.02. The molecular weight excluding hydrogens is 308 g/mol. The first-order valence-corrected chi connectivity index (χ1v) is 8.02. The van der Waals surface area contributed by atoms with Gasteiger partial charge >= 0.3 is 5.97 Å². The number of amides is 1. The Kier molecular flexibility index (Phi) is 6.12. The molecule has 2 rings (SSSR count). The van der Waals surface area contributed by atoms with Crippen LogP contribution >= 0.6 is 0 Å². The van der Waals surface area contributed by atoms with Crippen LogP contribution in [0, 0.1) is 6.92 Å². The molecule has 1 aromatic heterocycles. The van der Waals surface area contributed by atoms with Crippen LogP contribution in [0.1, 0.15) is 31.4 Å². The van der Waals surface area contributed by atoms with E-state index in [9.17, 15) is 9.59 Å². The molecule has 0 aliphatic heterocycles. The number of nitrogens with zero attached hydrogens (tertiary/aromatic N) is 2. The van der Waals surface area contributed by atoms with Crippen LogP contribution in [0.3, 0.4) is 0 Å². The van der Waals surface area contributed by atoms with E-state index < -0.39 is 5.97 Å². The number of hydrogen-bond acceptors (Lipinski definition) is 4. The molecular formula is C18H22N2O4. The molecule has 1 heterocycles. The fraction of sp³-hybridized carbons (Fsp3) is 0.389. The van der Waals surface area contributed by atoms with E-state index in [0.717, 1.165) is 17.0 Å². The monoisotopic (exact) mass is 330 g/mol. The van der Waals surface area contributed by atoms with E-state index in [0.29, 0.717) is 18.9 Å². The topological polar surface area (TPSA) is 83.6 Å². The largest absolute Gasteiger partial charge is 0.481 e. The van der Waals surface area contributed by atoms with Crippen molar-refractivity contribution in [1.82, 2.24) is 9.88 Å². The Morgan fingerprint density at radius 3 is 2.54 bits per heavy atom. The van der Waals surface area contributed by atoms with Crippen molar-refractivity contribution < 1.29 is 19.1 Å². The van der Waals surface area contributed by atoms with Gasteiger partial charge in [0.25, 0.3) is 0 Å². The normalized spacial score (nSPS) is 10.6. The molecule has 1 aromatic carbocycles. The number of carboxylic acids is 1. The number of aryl methyl sites for hydroxylation is 2. The van der Waals surface area contributed by atoms with Crippen molar-refractivity contribution in [3.8, 4) is 11.3 Å². The first kappa shape index (κ1) is 17.7. The van der Waals surface area contributed by atoms with Gasteiger partial charge in [0.1, 0.15) is 0 Å². The van der Waals surface area contributed by atoms with Crippen molar-refractivity contribution in [2.24, 2.45) is 0 Å². The zero-order chi connectivity index (χ0) is 17.5. The van der Waals surface area contributed by atoms with Gasteiger partial charge in [0.05, 0.1) is 12.1 Å². The van der Waals surface area contributed by atoms with Crippen LogP contribution in [0.2, 0.25) is 0 Å². The minimum absolute atomic E-state index is 0.0458. The van der Waals surface area contributed by atoms with Crippen molar-refractivity contribution in [2.75, 3.05) is 13.1 Å². The number of benzene rings is 1. The first-order chi connectivity index (χ1) is 11.5. The summed E-state index contributed by atoms with van der Waals surface area (Å²) in [6, 6.07) is 9.70. The van der Waals surface area contributed by atoms with Crippen molar-refractivity contribution in [3.05, 3.63) is 41.9 Å². The molecule has 24 heavy (non-hydrogen) atoms. The van der Waals surface area contributed by atoms with Gasteiger partial charge in [-0.2, -0.15) is 0 Å². The van der Waals surface area contributed by atoms with Gasteiger partial charge in [-0.05, 0) is 13.8 Å². The van der Waals surface area contributed by atoms with Crippen LogP contribution in [0.5, 0.6) is 0 Å². The summed E-state index contributed by atoms with van der Waals surface area (Å²) < 4.78 is 5.79. The van der Waals surface area contributed by atoms with E-state index in [2.05, 4.69) is 4.98 Å². The Morgan fingerprint density at radius 2 is 1.92 bits per heavy atom. The zero-order valence-electron chi connectivity index (χ0n) is 14.0. The molecule has 0 aliphatic rings. The number of oxazole rings is 1. The van der Waals surface area contributed by atoms with Gasteiger partial charge in [0.15, 0.2) is 11.7 Å². The summed E-state index contributed by atoms with van der Waals surface area (Å²) in [7, 11) is 0. The van der Waals surface area contributed by atoms with Crippen molar-refractivity contribution in [1.29, 1.82) is 0 Å². The second-order valence-corrected chi connectivity index (χ2v) is 5.51. The lowest BCUT2D eigenvalue weighted by Gasteiger charge is -2.19. The Labute approximate surface area is 141 Å². The number of aromatic nitrogens is 1. The minimum atomic E-state index is -0.905. The molecule has 0 atom stereocenters. The summed E-state index contributed by atoms with van der Waals surface area (Å²) in [6.07, 6.45) is 0.605. The van der Waals surface area contributed by atoms with Crippen LogP contribution in [-0.2, 0) is 16.0 Å². The van der Waals surface area contributed by atoms with E-state index in [1.54, 1.807) is 4.90 Å². The fourth-order valence-corrected chi connectivity index (χ4v) is 2.48. The van der Waals surface area contributed by atoms with E-state index in [4.69, 9.17) is 9.52 Å². The lowest BCUT2D eigenvalue weighted by molar-refractivity contribution is -0.138. The molecule has 0 aliphatic carbocycles. The zero-order valence-corrected chi connectivity index (χ0v) is 14.0. The van der Waals surface area contributed by atoms with Gasteiger partial charge in [-0.25, -0.2) is 4.98 Å². The lowest BCUT2D eigenvalue weighted by atomic mass is 10.1. The van der Waals surface area contributed by atoms with E-state index in [-0.39, 0.29) is 25.3 Å². The maximum absolute atomic E-state index is 12.2. The summed E-state index contributed by atoms with van der Waals surface area (Å²) in [6.45, 7) is 4.43. The van der Waals surface area contributed by atoms with E-state index in [1.165, 1.54) is 0 Å². The summed E-state index contributed by atoms with van der Waals surface area (Å²) in [5.41, 5.74) is 1.75. The third-order valence-electron chi connectivity index (χ3n) is 3.76. The second kappa shape index (κ2) is 8.29. The molecule has 0 fully saturated rings. The molecule has 0 bridgehead atoms. The number of hydrogen-bond donors (Lipinski definition) is 1. The lowest BCUT2D eigenvalue weighted by Crippen LogP contribution is -2.33. The highest BCUT2D eigenvalue weighted by Crippen LogP contribution is 2.24. The highest BCUT2D eigenvalue weighted by Gasteiger charge is 2.16. The number of carbonyl (C=O) groups is 2. The minimum Gasteiger partial charge on any atom is -0.481 e. The molecule has 0 radical (unpaired) electrons. The van der Waals surface area contributed by atoms with Gasteiger partial charge < -0.3 is 14.4 Å². The highest BCUT2D eigenvalue weighted by molar-refractivity contribution is 5.77. The van der Waals surface area contributed by atoms with Gasteiger partial charge in [0.2, 0.25) is 5.91 Å². The predicted octanol–water partition coefficient (Wildman–Crippen LogP) is 2.91. The number of rotatable bonds is 8. The molecule has 0 unspecified atom stereocenters. The van der Waals surface area contributed by atoms with Crippen LogP contribution in [0.4, 0.5) is 0 Å². The average molecular weight is 330 g/mol. The standard InChI is InChI=1S/C18H22N2O4/c1-3-20(12-11-17(22)23)16(21)10-9-15-19-13(2)18(24-15)14-7-5-4-6-8-14/h4-8H,3,9-12H2,1-2H3,(H,22,23). The smallest absolute Gasteiger partial charge is 0.305 e. The third kappa shape index (κ3) is 4.68. The van der Waals surface area contributed by atoms with Gasteiger partial charge in [-0.15, -0.1) is 0 Å². The number of carbonyl (C=O) groups excluding carboxylic acids is 1. The van der Waals surface area contributed by atoms with Crippen LogP contribution < -0.4 is 0 Å². The summed E-state index contributed by atoms with van der Waals surface area (Å²) in [4.78, 5) is 28.7. The summed E-state index contributed by atoms with van der Waals surface area (Å²) in [5.74, 6) is 0.248. The predicted molar refractivity (Wildman–Crippen MR) is 89.5 cm³/mol. The fourth-order valence-electron chi connectivity index (χ4n) is 2.48. The Morgan fingerprint density at radius 1 is 1.21 bits per heavy atom. The molecule has 128 valence electrons. The molecule has 6 nitrogen and oxygen atoms in total. The molecule has 6 heteroatoms. The van der Waals surface area contributed by atoms with Crippen LogP contribution in [-0.4, -0.2) is 40.0 Å². The molecule has 2 aromatic rings. The highest BCUT2D eigenvalue weighted by atomic mass is 16.4. The number of aliphatic carboxylic acids is 1. The van der Waals surface area contributed by atoms with E-state index >= 15 is 0 Å². The molecule has 0 spiro atoms. The molecule has 0 saturated carbocycles. The Bertz CT molecular complexity index is 694. The van der Waals surface area contributed by atoms with Gasteiger partial charge in [-0.1, -0.05) is 30.3 Å². The number of carboxylic acid groups (broad SMARTS) is 1. The SMILES string of the molecule is CCN(CCC(=O)O)C(=O)CCc1nc(C)c(-c2ccccc2)o1. The quantitative estimate of drug-likeness (QED) is 0.804. The summed E-state index contributed by atoms with van der Waals surface area (Å²) in [5, 5.41) is 8.73. The van der Waals surface area contributed by atoms with Gasteiger partial charge in [-0.3, -0.25) is 9.59 Å². The molecule has 1 N–H and O–H groups in total. The average Bonchev–Trinajstić information content (AvgIpc) is 2.95. The van der Waals surface area contributed by atoms with Crippen molar-refractivity contribution in [3.63, 3.8) is 0 Å². The summed E-state index contributed by atoms with van der Waals surface area (Å²) >= 11 is 0. The van der Waals surface area contributed by atoms with Crippen LogP contribution in [0.25, 0.3) is 11.3 Å². The maximum atomic E-state index is 12.2. The Hall–Kier alpha value is -2.63. The van der Waals surface area contributed by atoms with Gasteiger partial charge in [0, 0.05) is 31.5 Å². The van der Waals surface area contributed by atoms with Crippen molar-refractivity contribution in [2.45, 2.75) is 33.1 Å². The molecule has 1 amide bonds.